The molecule has 22 heavy (non-hydrogen) atoms. The normalized spacial score (nSPS) is 10.5. The highest BCUT2D eigenvalue weighted by molar-refractivity contribution is 5.95. The number of nitrogens with one attached hydrogen (secondary N) is 1. The zero-order valence-corrected chi connectivity index (χ0v) is 12.3. The van der Waals surface area contributed by atoms with E-state index in [1.54, 1.807) is 32.5 Å². The van der Waals surface area contributed by atoms with E-state index in [2.05, 4.69) is 10.3 Å². The van der Waals surface area contributed by atoms with Gasteiger partial charge in [-0.25, -0.2) is 0 Å². The number of fused-ring (bicyclic) bond motifs is 1. The second kappa shape index (κ2) is 5.81. The van der Waals surface area contributed by atoms with E-state index in [0.717, 1.165) is 22.3 Å². The van der Waals surface area contributed by atoms with E-state index in [1.165, 1.54) is 0 Å². The molecule has 5 nitrogen and oxygen atoms in total. The van der Waals surface area contributed by atoms with Gasteiger partial charge in [0.25, 0.3) is 0 Å². The van der Waals surface area contributed by atoms with Crippen LogP contribution in [0.2, 0.25) is 0 Å². The number of rotatable bonds is 4. The van der Waals surface area contributed by atoms with Gasteiger partial charge in [-0.15, -0.1) is 0 Å². The van der Waals surface area contributed by atoms with Crippen molar-refractivity contribution in [3.8, 4) is 17.2 Å². The number of hydrogen-bond donors (Lipinski definition) is 2. The summed E-state index contributed by atoms with van der Waals surface area (Å²) >= 11 is 0. The third-order valence-corrected chi connectivity index (χ3v) is 3.39. The van der Waals surface area contributed by atoms with Crippen LogP contribution in [0.15, 0.2) is 48.7 Å². The fourth-order valence-electron chi connectivity index (χ4n) is 2.28. The number of aromatic hydroxyl groups is 1. The molecular formula is C17H16N2O3. The summed E-state index contributed by atoms with van der Waals surface area (Å²) in [6.45, 7) is 0. The minimum atomic E-state index is 0.233. The highest BCUT2D eigenvalue weighted by atomic mass is 16.5. The largest absolute Gasteiger partial charge is 0.508 e. The molecule has 3 rings (SSSR count). The molecule has 2 aromatic carbocycles. The molecule has 1 heterocycles. The molecule has 0 spiro atoms. The van der Waals surface area contributed by atoms with Gasteiger partial charge < -0.3 is 19.9 Å². The van der Waals surface area contributed by atoms with Crippen molar-refractivity contribution in [3.63, 3.8) is 0 Å². The number of methoxy groups -OCH3 is 2. The average Bonchev–Trinajstić information content (AvgIpc) is 2.56. The fraction of sp³-hybridized carbons (Fsp3) is 0.118. The SMILES string of the molecule is COc1cc2nccc(Nc3ccc(O)cc3)c2cc1OC. The Balaban J connectivity index is 2.07. The highest BCUT2D eigenvalue weighted by Crippen LogP contribution is 2.35. The van der Waals surface area contributed by atoms with Crippen molar-refractivity contribution in [3.05, 3.63) is 48.7 Å². The summed E-state index contributed by atoms with van der Waals surface area (Å²) in [5, 5.41) is 13.6. The molecule has 0 atom stereocenters. The zero-order chi connectivity index (χ0) is 15.5. The van der Waals surface area contributed by atoms with Crippen LogP contribution in [0.25, 0.3) is 10.9 Å². The van der Waals surface area contributed by atoms with Crippen molar-refractivity contribution in [2.45, 2.75) is 0 Å². The first-order chi connectivity index (χ1) is 10.7. The van der Waals surface area contributed by atoms with Crippen molar-refractivity contribution in [2.24, 2.45) is 0 Å². The van der Waals surface area contributed by atoms with E-state index in [0.29, 0.717) is 11.5 Å². The highest BCUT2D eigenvalue weighted by Gasteiger charge is 2.10. The van der Waals surface area contributed by atoms with Crippen molar-refractivity contribution < 1.29 is 14.6 Å². The maximum absolute atomic E-state index is 9.35. The lowest BCUT2D eigenvalue weighted by molar-refractivity contribution is 0.356. The quantitative estimate of drug-likeness (QED) is 0.719. The summed E-state index contributed by atoms with van der Waals surface area (Å²) in [7, 11) is 3.20. The molecule has 0 fully saturated rings. The van der Waals surface area contributed by atoms with E-state index in [1.807, 2.05) is 30.3 Å². The van der Waals surface area contributed by atoms with Gasteiger partial charge in [0.2, 0.25) is 0 Å². The molecule has 0 saturated heterocycles. The van der Waals surface area contributed by atoms with E-state index >= 15 is 0 Å². The van der Waals surface area contributed by atoms with Crippen LogP contribution in [-0.2, 0) is 0 Å². The average molecular weight is 296 g/mol. The Labute approximate surface area is 128 Å². The van der Waals surface area contributed by atoms with Gasteiger partial charge in [0.05, 0.1) is 19.7 Å². The first kappa shape index (κ1) is 14.0. The Kier molecular flexibility index (Phi) is 3.70. The lowest BCUT2D eigenvalue weighted by atomic mass is 10.1. The van der Waals surface area contributed by atoms with Crippen molar-refractivity contribution in [1.29, 1.82) is 0 Å². The van der Waals surface area contributed by atoms with Crippen LogP contribution < -0.4 is 14.8 Å². The molecule has 2 N–H and O–H groups in total. The van der Waals surface area contributed by atoms with Crippen LogP contribution in [0.1, 0.15) is 0 Å². The predicted molar refractivity (Wildman–Crippen MR) is 86.2 cm³/mol. The standard InChI is InChI=1S/C17H16N2O3/c1-21-16-9-13-14(19-11-3-5-12(20)6-4-11)7-8-18-15(13)10-17(16)22-2/h3-10,20H,1-2H3,(H,18,19). The summed E-state index contributed by atoms with van der Waals surface area (Å²) in [5.74, 6) is 1.53. The molecule has 5 heteroatoms. The van der Waals surface area contributed by atoms with Gasteiger partial charge in [-0.1, -0.05) is 0 Å². The van der Waals surface area contributed by atoms with Gasteiger partial charge in [0.15, 0.2) is 11.5 Å². The maximum atomic E-state index is 9.35. The third-order valence-electron chi connectivity index (χ3n) is 3.39. The van der Waals surface area contributed by atoms with Crippen LogP contribution in [0.3, 0.4) is 0 Å². The lowest BCUT2D eigenvalue weighted by Gasteiger charge is -2.13. The van der Waals surface area contributed by atoms with Gasteiger partial charge in [-0.05, 0) is 36.4 Å². The molecule has 0 unspecified atom stereocenters. The second-order valence-corrected chi connectivity index (χ2v) is 4.75. The van der Waals surface area contributed by atoms with Gasteiger partial charge in [-0.3, -0.25) is 4.98 Å². The predicted octanol–water partition coefficient (Wildman–Crippen LogP) is 3.70. The summed E-state index contributed by atoms with van der Waals surface area (Å²) in [5.41, 5.74) is 2.58. The molecule has 112 valence electrons. The Hall–Kier alpha value is -2.95. The fourth-order valence-corrected chi connectivity index (χ4v) is 2.28. The number of anilines is 2. The van der Waals surface area contributed by atoms with Crippen LogP contribution in [0.5, 0.6) is 17.2 Å². The molecule has 0 aliphatic rings. The number of hydrogen-bond acceptors (Lipinski definition) is 5. The summed E-state index contributed by atoms with van der Waals surface area (Å²) < 4.78 is 10.7. The smallest absolute Gasteiger partial charge is 0.162 e. The number of phenolic OH excluding ortho intramolecular Hbond substituents is 1. The lowest BCUT2D eigenvalue weighted by Crippen LogP contribution is -1.95. The first-order valence-corrected chi connectivity index (χ1v) is 6.78. The molecule has 1 aromatic heterocycles. The van der Waals surface area contributed by atoms with E-state index in [-0.39, 0.29) is 5.75 Å². The molecular weight excluding hydrogens is 280 g/mol. The number of nitrogens with zero attached hydrogens (tertiary/aromatic N) is 1. The van der Waals surface area contributed by atoms with Gasteiger partial charge >= 0.3 is 0 Å². The minimum absolute atomic E-state index is 0.233. The molecule has 0 saturated carbocycles. The number of phenols is 1. The van der Waals surface area contributed by atoms with E-state index < -0.39 is 0 Å². The monoisotopic (exact) mass is 296 g/mol. The number of ether oxygens (including phenoxy) is 2. The number of benzene rings is 2. The van der Waals surface area contributed by atoms with Crippen LogP contribution in [-0.4, -0.2) is 24.3 Å². The summed E-state index contributed by atoms with van der Waals surface area (Å²) in [6, 6.07) is 12.5. The van der Waals surface area contributed by atoms with Crippen molar-refractivity contribution >= 4 is 22.3 Å². The first-order valence-electron chi connectivity index (χ1n) is 6.78. The number of pyridine rings is 1. The second-order valence-electron chi connectivity index (χ2n) is 4.75. The molecule has 0 bridgehead atoms. The van der Waals surface area contributed by atoms with Crippen LogP contribution in [0, 0.1) is 0 Å². The van der Waals surface area contributed by atoms with E-state index in [9.17, 15) is 5.11 Å². The van der Waals surface area contributed by atoms with E-state index in [4.69, 9.17) is 9.47 Å². The molecule has 0 aliphatic heterocycles. The van der Waals surface area contributed by atoms with Gasteiger partial charge in [0, 0.05) is 29.0 Å². The van der Waals surface area contributed by atoms with Gasteiger partial charge in [-0.2, -0.15) is 0 Å². The Bertz CT molecular complexity index is 801. The van der Waals surface area contributed by atoms with Crippen molar-refractivity contribution in [1.82, 2.24) is 4.98 Å². The maximum Gasteiger partial charge on any atom is 0.162 e. The third kappa shape index (κ3) is 2.61. The number of aromatic nitrogens is 1. The molecule has 0 radical (unpaired) electrons. The van der Waals surface area contributed by atoms with Crippen molar-refractivity contribution in [2.75, 3.05) is 19.5 Å². The molecule has 0 amide bonds. The summed E-state index contributed by atoms with van der Waals surface area (Å²) in [6.07, 6.45) is 1.73. The summed E-state index contributed by atoms with van der Waals surface area (Å²) in [4.78, 5) is 4.37. The van der Waals surface area contributed by atoms with Crippen LogP contribution >= 0.6 is 0 Å². The Morgan fingerprint density at radius 3 is 2.32 bits per heavy atom. The topological polar surface area (TPSA) is 63.6 Å². The Morgan fingerprint density at radius 2 is 1.64 bits per heavy atom. The zero-order valence-electron chi connectivity index (χ0n) is 12.3. The molecule has 3 aromatic rings. The molecule has 0 aliphatic carbocycles. The van der Waals surface area contributed by atoms with Gasteiger partial charge in [0.1, 0.15) is 5.75 Å². The Morgan fingerprint density at radius 1 is 0.955 bits per heavy atom. The van der Waals surface area contributed by atoms with Crippen LogP contribution in [0.4, 0.5) is 11.4 Å². The minimum Gasteiger partial charge on any atom is -0.508 e.